The van der Waals surface area contributed by atoms with E-state index in [0.29, 0.717) is 5.56 Å². The SMILES string of the molecule is NS(=O)(=O)c1ccc(Cl)c(NC(=O)c2csc(Br)c2)c1. The summed E-state index contributed by atoms with van der Waals surface area (Å²) in [6, 6.07) is 5.50. The molecule has 1 aromatic heterocycles. The first-order valence-corrected chi connectivity index (χ1v) is 8.75. The lowest BCUT2D eigenvalue weighted by atomic mass is 10.3. The number of nitrogens with one attached hydrogen (secondary N) is 1. The number of hydrogen-bond donors (Lipinski definition) is 2. The van der Waals surface area contributed by atoms with Crippen molar-refractivity contribution in [1.29, 1.82) is 0 Å². The van der Waals surface area contributed by atoms with Gasteiger partial charge in [0.15, 0.2) is 0 Å². The summed E-state index contributed by atoms with van der Waals surface area (Å²) < 4.78 is 23.4. The molecule has 9 heteroatoms. The molecule has 0 radical (unpaired) electrons. The van der Waals surface area contributed by atoms with Gasteiger partial charge in [0.1, 0.15) is 0 Å². The van der Waals surface area contributed by atoms with Crippen molar-refractivity contribution in [2.24, 2.45) is 5.14 Å². The minimum absolute atomic E-state index is 0.122. The first-order valence-electron chi connectivity index (χ1n) is 5.15. The summed E-state index contributed by atoms with van der Waals surface area (Å²) in [4.78, 5) is 11.9. The second kappa shape index (κ2) is 5.82. The second-order valence-electron chi connectivity index (χ2n) is 3.78. The summed E-state index contributed by atoms with van der Waals surface area (Å²) in [7, 11) is -3.85. The van der Waals surface area contributed by atoms with Crippen molar-refractivity contribution >= 4 is 60.5 Å². The van der Waals surface area contributed by atoms with Crippen molar-refractivity contribution in [2.75, 3.05) is 5.32 Å². The number of nitrogens with two attached hydrogens (primary N) is 1. The van der Waals surface area contributed by atoms with E-state index in [9.17, 15) is 13.2 Å². The minimum Gasteiger partial charge on any atom is -0.321 e. The van der Waals surface area contributed by atoms with Crippen LogP contribution in [-0.4, -0.2) is 14.3 Å². The Labute approximate surface area is 132 Å². The van der Waals surface area contributed by atoms with E-state index in [0.717, 1.165) is 3.79 Å². The number of carbonyl (C=O) groups is 1. The Balaban J connectivity index is 2.31. The maximum Gasteiger partial charge on any atom is 0.256 e. The first kappa shape index (κ1) is 15.5. The quantitative estimate of drug-likeness (QED) is 0.837. The number of rotatable bonds is 3. The highest BCUT2D eigenvalue weighted by atomic mass is 79.9. The largest absolute Gasteiger partial charge is 0.321 e. The van der Waals surface area contributed by atoms with Gasteiger partial charge < -0.3 is 5.32 Å². The summed E-state index contributed by atoms with van der Waals surface area (Å²) in [6.07, 6.45) is 0. The molecule has 2 aromatic rings. The summed E-state index contributed by atoms with van der Waals surface area (Å²) in [5.74, 6) is -0.389. The number of amides is 1. The zero-order chi connectivity index (χ0) is 14.9. The van der Waals surface area contributed by atoms with Gasteiger partial charge in [-0.05, 0) is 40.2 Å². The number of anilines is 1. The van der Waals surface area contributed by atoms with Gasteiger partial charge in [-0.15, -0.1) is 11.3 Å². The number of primary sulfonamides is 1. The van der Waals surface area contributed by atoms with E-state index in [4.69, 9.17) is 16.7 Å². The molecule has 0 saturated carbocycles. The molecule has 0 aliphatic rings. The molecule has 0 saturated heterocycles. The molecule has 106 valence electrons. The van der Waals surface area contributed by atoms with Crippen LogP contribution in [-0.2, 0) is 10.0 Å². The van der Waals surface area contributed by atoms with Gasteiger partial charge in [-0.25, -0.2) is 13.6 Å². The number of hydrogen-bond acceptors (Lipinski definition) is 4. The maximum absolute atomic E-state index is 12.0. The Bertz CT molecular complexity index is 774. The Morgan fingerprint density at radius 3 is 2.60 bits per heavy atom. The van der Waals surface area contributed by atoms with Crippen molar-refractivity contribution < 1.29 is 13.2 Å². The van der Waals surface area contributed by atoms with E-state index in [1.807, 2.05) is 0 Å². The third-order valence-corrected chi connectivity index (χ3v) is 5.09. The zero-order valence-electron chi connectivity index (χ0n) is 9.76. The second-order valence-corrected chi connectivity index (χ2v) is 8.04. The molecule has 1 amide bonds. The lowest BCUT2D eigenvalue weighted by Crippen LogP contribution is -2.14. The highest BCUT2D eigenvalue weighted by molar-refractivity contribution is 9.11. The highest BCUT2D eigenvalue weighted by Gasteiger charge is 2.14. The number of sulfonamides is 1. The molecule has 20 heavy (non-hydrogen) atoms. The molecule has 0 aliphatic carbocycles. The van der Waals surface area contributed by atoms with Gasteiger partial charge in [0.2, 0.25) is 10.0 Å². The van der Waals surface area contributed by atoms with Crippen molar-refractivity contribution in [1.82, 2.24) is 0 Å². The van der Waals surface area contributed by atoms with Gasteiger partial charge in [0, 0.05) is 5.38 Å². The van der Waals surface area contributed by atoms with Crippen LogP contribution in [0.4, 0.5) is 5.69 Å². The molecule has 1 heterocycles. The maximum atomic E-state index is 12.0. The van der Waals surface area contributed by atoms with Crippen LogP contribution in [0.2, 0.25) is 5.02 Å². The minimum atomic E-state index is -3.85. The predicted molar refractivity (Wildman–Crippen MR) is 82.8 cm³/mol. The highest BCUT2D eigenvalue weighted by Crippen LogP contribution is 2.26. The number of carbonyl (C=O) groups excluding carboxylic acids is 1. The number of benzene rings is 1. The Morgan fingerprint density at radius 2 is 2.05 bits per heavy atom. The van der Waals surface area contributed by atoms with Gasteiger partial charge in [-0.2, -0.15) is 0 Å². The van der Waals surface area contributed by atoms with E-state index < -0.39 is 10.0 Å². The molecule has 0 unspecified atom stereocenters. The van der Waals surface area contributed by atoms with Gasteiger partial charge in [0.25, 0.3) is 5.91 Å². The standard InChI is InChI=1S/C11H8BrClN2O3S2/c12-10-3-6(5-19-10)11(16)15-9-4-7(20(14,17)18)1-2-8(9)13/h1-5H,(H,15,16)(H2,14,17,18). The number of thiophene rings is 1. The van der Waals surface area contributed by atoms with Crippen LogP contribution in [0.1, 0.15) is 10.4 Å². The van der Waals surface area contributed by atoms with E-state index in [2.05, 4.69) is 21.2 Å². The van der Waals surface area contributed by atoms with E-state index in [-0.39, 0.29) is 21.5 Å². The van der Waals surface area contributed by atoms with E-state index in [1.165, 1.54) is 29.5 Å². The molecule has 2 rings (SSSR count). The summed E-state index contributed by atoms with van der Waals surface area (Å²) in [6.45, 7) is 0. The smallest absolute Gasteiger partial charge is 0.256 e. The predicted octanol–water partition coefficient (Wildman–Crippen LogP) is 3.06. The molecule has 3 N–H and O–H groups in total. The normalized spacial score (nSPS) is 11.3. The van der Waals surface area contributed by atoms with Gasteiger partial charge in [-0.3, -0.25) is 4.79 Å². The van der Waals surface area contributed by atoms with Crippen molar-refractivity contribution in [3.8, 4) is 0 Å². The molecule has 1 aromatic carbocycles. The first-order chi connectivity index (χ1) is 9.27. The molecule has 5 nitrogen and oxygen atoms in total. The summed E-state index contributed by atoms with van der Waals surface area (Å²) >= 11 is 10.5. The average molecular weight is 396 g/mol. The fourth-order valence-corrected chi connectivity index (χ4v) is 3.24. The van der Waals surface area contributed by atoms with Gasteiger partial charge in [-0.1, -0.05) is 11.6 Å². The monoisotopic (exact) mass is 394 g/mol. The molecule has 0 bridgehead atoms. The summed E-state index contributed by atoms with van der Waals surface area (Å²) in [5, 5.41) is 9.47. The Kier molecular flexibility index (Phi) is 4.50. The topological polar surface area (TPSA) is 89.3 Å². The Hall–Kier alpha value is -0.930. The lowest BCUT2D eigenvalue weighted by molar-refractivity contribution is 0.102. The third-order valence-electron chi connectivity index (χ3n) is 2.34. The van der Waals surface area contributed by atoms with Crippen molar-refractivity contribution in [3.05, 3.63) is 44.0 Å². The van der Waals surface area contributed by atoms with Gasteiger partial charge in [0.05, 0.1) is 25.0 Å². The Morgan fingerprint density at radius 1 is 1.35 bits per heavy atom. The zero-order valence-corrected chi connectivity index (χ0v) is 13.7. The lowest BCUT2D eigenvalue weighted by Gasteiger charge is -2.08. The van der Waals surface area contributed by atoms with Crippen molar-refractivity contribution in [3.63, 3.8) is 0 Å². The van der Waals surface area contributed by atoms with E-state index >= 15 is 0 Å². The molecule has 0 atom stereocenters. The molecular formula is C11H8BrClN2O3S2. The van der Waals surface area contributed by atoms with Crippen LogP contribution in [0.25, 0.3) is 0 Å². The van der Waals surface area contributed by atoms with Crippen LogP contribution >= 0.6 is 38.9 Å². The van der Waals surface area contributed by atoms with E-state index in [1.54, 1.807) is 11.4 Å². The molecule has 0 fully saturated rings. The molecule has 0 spiro atoms. The van der Waals surface area contributed by atoms with Crippen LogP contribution in [0.3, 0.4) is 0 Å². The van der Waals surface area contributed by atoms with Crippen molar-refractivity contribution in [2.45, 2.75) is 4.90 Å². The fourth-order valence-electron chi connectivity index (χ4n) is 1.40. The van der Waals surface area contributed by atoms with Crippen LogP contribution in [0.5, 0.6) is 0 Å². The number of halogens is 2. The molecular weight excluding hydrogens is 388 g/mol. The van der Waals surface area contributed by atoms with Crippen LogP contribution < -0.4 is 10.5 Å². The summed E-state index contributed by atoms with van der Waals surface area (Å²) in [5.41, 5.74) is 0.629. The fraction of sp³-hybridized carbons (Fsp3) is 0. The average Bonchev–Trinajstić information content (AvgIpc) is 2.77. The third kappa shape index (κ3) is 3.58. The molecule has 0 aliphatic heterocycles. The van der Waals surface area contributed by atoms with Crippen LogP contribution in [0, 0.1) is 0 Å². The van der Waals surface area contributed by atoms with Gasteiger partial charge >= 0.3 is 0 Å². The van der Waals surface area contributed by atoms with Crippen LogP contribution in [0.15, 0.2) is 38.3 Å².